The van der Waals surface area contributed by atoms with Crippen molar-refractivity contribution >= 4 is 11.8 Å². The Hall–Kier alpha value is -0.450. The number of hydrogen-bond donors (Lipinski definition) is 1. The maximum atomic E-state index is 5.56. The van der Waals surface area contributed by atoms with Gasteiger partial charge in [-0.25, -0.2) is 0 Å². The van der Waals surface area contributed by atoms with Crippen molar-refractivity contribution in [1.29, 1.82) is 0 Å². The van der Waals surface area contributed by atoms with Gasteiger partial charge in [-0.3, -0.25) is 4.90 Å². The van der Waals surface area contributed by atoms with Crippen LogP contribution in [-0.4, -0.2) is 36.5 Å². The second kappa shape index (κ2) is 7.80. The Kier molecular flexibility index (Phi) is 6.70. The lowest BCUT2D eigenvalue weighted by molar-refractivity contribution is 0.309. The molecule has 0 aliphatic carbocycles. The van der Waals surface area contributed by atoms with Crippen LogP contribution >= 0.6 is 11.8 Å². The predicted molar refractivity (Wildman–Crippen MR) is 75.4 cm³/mol. The Labute approximate surface area is 109 Å². The fraction of sp³-hybridized carbons (Fsp3) is 0.692. The van der Waals surface area contributed by atoms with Gasteiger partial charge in [0.05, 0.1) is 12.8 Å². The van der Waals surface area contributed by atoms with E-state index in [0.29, 0.717) is 6.04 Å². The molecule has 0 amide bonds. The van der Waals surface area contributed by atoms with E-state index < -0.39 is 0 Å². The standard InChI is InChI=1S/C13H24N2OS/c1-11(2)14-9-12-5-7-16-13(12)10-15(3)6-8-17-4/h5,7,11,14H,6,8-10H2,1-4H3. The van der Waals surface area contributed by atoms with Crippen LogP contribution in [0.5, 0.6) is 0 Å². The summed E-state index contributed by atoms with van der Waals surface area (Å²) in [5.41, 5.74) is 1.27. The Balaban J connectivity index is 2.44. The number of nitrogens with zero attached hydrogens (tertiary/aromatic N) is 1. The van der Waals surface area contributed by atoms with Gasteiger partial charge >= 0.3 is 0 Å². The Morgan fingerprint density at radius 1 is 1.47 bits per heavy atom. The van der Waals surface area contributed by atoms with Gasteiger partial charge in [0.1, 0.15) is 5.76 Å². The normalized spacial score (nSPS) is 11.6. The van der Waals surface area contributed by atoms with E-state index >= 15 is 0 Å². The van der Waals surface area contributed by atoms with Gasteiger partial charge < -0.3 is 9.73 Å². The molecule has 0 radical (unpaired) electrons. The predicted octanol–water partition coefficient (Wildman–Crippen LogP) is 2.57. The van der Waals surface area contributed by atoms with Gasteiger partial charge in [0.2, 0.25) is 0 Å². The van der Waals surface area contributed by atoms with Gasteiger partial charge in [-0.1, -0.05) is 13.8 Å². The Morgan fingerprint density at radius 3 is 2.88 bits per heavy atom. The molecule has 0 spiro atoms. The van der Waals surface area contributed by atoms with Gasteiger partial charge in [0, 0.05) is 30.4 Å². The van der Waals surface area contributed by atoms with E-state index in [-0.39, 0.29) is 0 Å². The molecule has 1 aromatic heterocycles. The van der Waals surface area contributed by atoms with E-state index in [1.54, 1.807) is 6.26 Å². The minimum absolute atomic E-state index is 0.506. The summed E-state index contributed by atoms with van der Waals surface area (Å²) in [6.45, 7) is 7.19. The summed E-state index contributed by atoms with van der Waals surface area (Å²) >= 11 is 1.88. The highest BCUT2D eigenvalue weighted by Crippen LogP contribution is 2.13. The summed E-state index contributed by atoms with van der Waals surface area (Å²) in [5.74, 6) is 2.25. The summed E-state index contributed by atoms with van der Waals surface area (Å²) in [6, 6.07) is 2.57. The SMILES string of the molecule is CSCCN(C)Cc1occc1CNC(C)C. The summed E-state index contributed by atoms with van der Waals surface area (Å²) in [5, 5.41) is 3.42. The van der Waals surface area contributed by atoms with Crippen LogP contribution in [0, 0.1) is 0 Å². The molecule has 0 unspecified atom stereocenters. The lowest BCUT2D eigenvalue weighted by Crippen LogP contribution is -2.24. The topological polar surface area (TPSA) is 28.4 Å². The van der Waals surface area contributed by atoms with Crippen LogP contribution in [-0.2, 0) is 13.1 Å². The van der Waals surface area contributed by atoms with Crippen molar-refractivity contribution < 1.29 is 4.42 Å². The number of hydrogen-bond acceptors (Lipinski definition) is 4. The zero-order valence-corrected chi connectivity index (χ0v) is 12.1. The zero-order valence-electron chi connectivity index (χ0n) is 11.3. The molecule has 0 saturated heterocycles. The summed E-state index contributed by atoms with van der Waals surface area (Å²) < 4.78 is 5.56. The smallest absolute Gasteiger partial charge is 0.122 e. The molecular weight excluding hydrogens is 232 g/mol. The van der Waals surface area contributed by atoms with Gasteiger partial charge in [0.25, 0.3) is 0 Å². The largest absolute Gasteiger partial charge is 0.468 e. The first-order valence-corrected chi connectivity index (χ1v) is 7.49. The summed E-state index contributed by atoms with van der Waals surface area (Å²) in [4.78, 5) is 2.30. The van der Waals surface area contributed by atoms with Crippen molar-refractivity contribution in [2.24, 2.45) is 0 Å². The van der Waals surface area contributed by atoms with Crippen LogP contribution in [0.15, 0.2) is 16.7 Å². The average molecular weight is 256 g/mol. The number of furan rings is 1. The highest BCUT2D eigenvalue weighted by molar-refractivity contribution is 7.98. The molecule has 0 aliphatic rings. The van der Waals surface area contributed by atoms with Crippen molar-refractivity contribution in [3.05, 3.63) is 23.7 Å². The van der Waals surface area contributed by atoms with Crippen molar-refractivity contribution in [3.8, 4) is 0 Å². The fourth-order valence-corrected chi connectivity index (χ4v) is 2.04. The van der Waals surface area contributed by atoms with E-state index in [2.05, 4.69) is 43.4 Å². The molecule has 0 fully saturated rings. The molecule has 0 atom stereocenters. The minimum atomic E-state index is 0.506. The maximum absolute atomic E-state index is 5.56. The van der Waals surface area contributed by atoms with Gasteiger partial charge in [-0.05, 0) is 19.4 Å². The molecular formula is C13H24N2OS. The van der Waals surface area contributed by atoms with Gasteiger partial charge in [-0.2, -0.15) is 11.8 Å². The van der Waals surface area contributed by atoms with Crippen LogP contribution in [0.3, 0.4) is 0 Å². The lowest BCUT2D eigenvalue weighted by Gasteiger charge is -2.15. The van der Waals surface area contributed by atoms with Crippen LogP contribution < -0.4 is 5.32 Å². The van der Waals surface area contributed by atoms with E-state index in [9.17, 15) is 0 Å². The highest BCUT2D eigenvalue weighted by Gasteiger charge is 2.09. The third kappa shape index (κ3) is 5.61. The van der Waals surface area contributed by atoms with E-state index in [0.717, 1.165) is 31.1 Å². The van der Waals surface area contributed by atoms with Crippen molar-refractivity contribution in [3.63, 3.8) is 0 Å². The van der Waals surface area contributed by atoms with Crippen LogP contribution in [0.2, 0.25) is 0 Å². The lowest BCUT2D eigenvalue weighted by atomic mass is 10.2. The zero-order chi connectivity index (χ0) is 12.7. The molecule has 1 rings (SSSR count). The minimum Gasteiger partial charge on any atom is -0.468 e. The summed E-state index contributed by atoms with van der Waals surface area (Å²) in [7, 11) is 2.14. The van der Waals surface area contributed by atoms with Gasteiger partial charge in [-0.15, -0.1) is 0 Å². The van der Waals surface area contributed by atoms with E-state index in [1.807, 2.05) is 11.8 Å². The number of rotatable bonds is 8. The third-order valence-electron chi connectivity index (χ3n) is 2.63. The Bertz CT molecular complexity index is 312. The number of thioether (sulfide) groups is 1. The van der Waals surface area contributed by atoms with Crippen LogP contribution in [0.1, 0.15) is 25.2 Å². The van der Waals surface area contributed by atoms with E-state index in [1.165, 1.54) is 5.56 Å². The van der Waals surface area contributed by atoms with Crippen molar-refractivity contribution in [1.82, 2.24) is 10.2 Å². The first kappa shape index (κ1) is 14.6. The molecule has 1 N–H and O–H groups in total. The molecule has 0 aromatic carbocycles. The summed E-state index contributed by atoms with van der Waals surface area (Å²) in [6.07, 6.45) is 3.92. The molecule has 0 aliphatic heterocycles. The molecule has 17 heavy (non-hydrogen) atoms. The first-order valence-electron chi connectivity index (χ1n) is 6.09. The van der Waals surface area contributed by atoms with Gasteiger partial charge in [0.15, 0.2) is 0 Å². The molecule has 4 heteroatoms. The molecule has 1 heterocycles. The van der Waals surface area contributed by atoms with Crippen LogP contribution in [0.4, 0.5) is 0 Å². The second-order valence-corrected chi connectivity index (χ2v) is 5.62. The molecule has 3 nitrogen and oxygen atoms in total. The molecule has 1 aromatic rings. The maximum Gasteiger partial charge on any atom is 0.122 e. The molecule has 0 saturated carbocycles. The van der Waals surface area contributed by atoms with E-state index in [4.69, 9.17) is 4.42 Å². The molecule has 0 bridgehead atoms. The quantitative estimate of drug-likeness (QED) is 0.774. The second-order valence-electron chi connectivity index (χ2n) is 4.64. The van der Waals surface area contributed by atoms with Crippen LogP contribution in [0.25, 0.3) is 0 Å². The molecule has 98 valence electrons. The number of nitrogens with one attached hydrogen (secondary N) is 1. The first-order chi connectivity index (χ1) is 8.13. The third-order valence-corrected chi connectivity index (χ3v) is 3.22. The highest BCUT2D eigenvalue weighted by atomic mass is 32.2. The monoisotopic (exact) mass is 256 g/mol. The van der Waals surface area contributed by atoms with Crippen molar-refractivity contribution in [2.75, 3.05) is 25.6 Å². The fourth-order valence-electron chi connectivity index (χ4n) is 1.55. The average Bonchev–Trinajstić information content (AvgIpc) is 2.71. The van der Waals surface area contributed by atoms with Crippen molar-refractivity contribution in [2.45, 2.75) is 33.0 Å². The Morgan fingerprint density at radius 2 is 2.24 bits per heavy atom.